The van der Waals surface area contributed by atoms with Crippen molar-refractivity contribution in [3.8, 4) is 0 Å². The van der Waals surface area contributed by atoms with E-state index in [1.807, 2.05) is 66.7 Å². The molecule has 0 N–H and O–H groups in total. The highest BCUT2D eigenvalue weighted by Crippen LogP contribution is 2.32. The van der Waals surface area contributed by atoms with Gasteiger partial charge in [-0.2, -0.15) is 0 Å². The molecule has 2 aromatic heterocycles. The van der Waals surface area contributed by atoms with Gasteiger partial charge in [0.15, 0.2) is 5.13 Å². The maximum absolute atomic E-state index is 13.7. The molecule has 0 aliphatic heterocycles. The smallest absolute Gasteiger partial charge is 0.261 e. The maximum Gasteiger partial charge on any atom is 0.261 e. The Morgan fingerprint density at radius 2 is 1.90 bits per heavy atom. The van der Waals surface area contributed by atoms with Crippen LogP contribution in [0.5, 0.6) is 0 Å². The quantitative estimate of drug-likeness (QED) is 0.362. The van der Waals surface area contributed by atoms with Gasteiger partial charge in [0.1, 0.15) is 5.76 Å². The zero-order valence-corrected chi connectivity index (χ0v) is 16.6. The zero-order chi connectivity index (χ0) is 19.8. The van der Waals surface area contributed by atoms with Crippen molar-refractivity contribution >= 4 is 43.4 Å². The third-order valence-electron chi connectivity index (χ3n) is 4.92. The van der Waals surface area contributed by atoms with E-state index in [0.717, 1.165) is 21.0 Å². The molecule has 3 aromatic carbocycles. The number of furan rings is 1. The van der Waals surface area contributed by atoms with Crippen molar-refractivity contribution in [2.45, 2.75) is 13.5 Å². The highest BCUT2D eigenvalue weighted by atomic mass is 32.1. The Morgan fingerprint density at radius 1 is 1.03 bits per heavy atom. The van der Waals surface area contributed by atoms with E-state index in [1.165, 1.54) is 16.9 Å². The molecule has 1 amide bonds. The van der Waals surface area contributed by atoms with Gasteiger partial charge in [-0.15, -0.1) is 0 Å². The highest BCUT2D eigenvalue weighted by Gasteiger charge is 2.24. The summed E-state index contributed by atoms with van der Waals surface area (Å²) in [4.78, 5) is 20.1. The second-order valence-corrected chi connectivity index (χ2v) is 7.97. The van der Waals surface area contributed by atoms with Crippen molar-refractivity contribution in [1.82, 2.24) is 4.98 Å². The molecule has 0 saturated carbocycles. The Hall–Kier alpha value is -3.44. The van der Waals surface area contributed by atoms with Crippen molar-refractivity contribution in [3.05, 3.63) is 95.9 Å². The van der Waals surface area contributed by atoms with Crippen LogP contribution in [-0.2, 0) is 6.54 Å². The molecule has 0 unspecified atom stereocenters. The fourth-order valence-electron chi connectivity index (χ4n) is 3.48. The first-order valence-electron chi connectivity index (χ1n) is 9.38. The summed E-state index contributed by atoms with van der Waals surface area (Å²) in [6.07, 6.45) is 1.62. The normalized spacial score (nSPS) is 11.2. The number of carbonyl (C=O) groups is 1. The Bertz CT molecular complexity index is 1320. The molecule has 0 aliphatic rings. The van der Waals surface area contributed by atoms with E-state index in [1.54, 1.807) is 11.2 Å². The van der Waals surface area contributed by atoms with Crippen LogP contribution in [0, 0.1) is 6.92 Å². The summed E-state index contributed by atoms with van der Waals surface area (Å²) in [7, 11) is 0. The molecule has 5 rings (SSSR count). The number of rotatable bonds is 4. The topological polar surface area (TPSA) is 46.3 Å². The van der Waals surface area contributed by atoms with E-state index < -0.39 is 0 Å². The molecular formula is C24H18N2O2S. The monoisotopic (exact) mass is 398 g/mol. The summed E-state index contributed by atoms with van der Waals surface area (Å²) < 4.78 is 6.60. The van der Waals surface area contributed by atoms with Gasteiger partial charge < -0.3 is 4.42 Å². The van der Waals surface area contributed by atoms with E-state index in [9.17, 15) is 4.79 Å². The third-order valence-corrected chi connectivity index (χ3v) is 5.96. The first kappa shape index (κ1) is 17.6. The van der Waals surface area contributed by atoms with Crippen LogP contribution >= 0.6 is 11.3 Å². The number of aryl methyl sites for hydroxylation is 1. The predicted molar refractivity (Wildman–Crippen MR) is 118 cm³/mol. The second-order valence-electron chi connectivity index (χ2n) is 6.96. The molecule has 0 aliphatic carbocycles. The van der Waals surface area contributed by atoms with Crippen molar-refractivity contribution in [3.63, 3.8) is 0 Å². The molecular weight excluding hydrogens is 380 g/mol. The Morgan fingerprint density at radius 3 is 2.76 bits per heavy atom. The number of thiazole rings is 1. The van der Waals surface area contributed by atoms with E-state index in [4.69, 9.17) is 9.40 Å². The van der Waals surface area contributed by atoms with Crippen molar-refractivity contribution in [1.29, 1.82) is 0 Å². The fraction of sp³-hybridized carbons (Fsp3) is 0.0833. The average Bonchev–Trinajstić information content (AvgIpc) is 3.40. The van der Waals surface area contributed by atoms with Crippen molar-refractivity contribution in [2.75, 3.05) is 4.90 Å². The molecule has 29 heavy (non-hydrogen) atoms. The molecule has 0 saturated heterocycles. The van der Waals surface area contributed by atoms with E-state index in [2.05, 4.69) is 13.0 Å². The third kappa shape index (κ3) is 3.30. The van der Waals surface area contributed by atoms with Gasteiger partial charge in [0.25, 0.3) is 5.91 Å². The molecule has 0 radical (unpaired) electrons. The van der Waals surface area contributed by atoms with Gasteiger partial charge in [-0.1, -0.05) is 53.8 Å². The van der Waals surface area contributed by atoms with Crippen LogP contribution in [0.3, 0.4) is 0 Å². The molecule has 0 atom stereocenters. The van der Waals surface area contributed by atoms with Crippen LogP contribution in [-0.4, -0.2) is 10.9 Å². The number of aromatic nitrogens is 1. The summed E-state index contributed by atoms with van der Waals surface area (Å²) in [5.41, 5.74) is 2.72. The lowest BCUT2D eigenvalue weighted by Gasteiger charge is -2.19. The number of benzene rings is 3. The molecule has 5 heteroatoms. The SMILES string of the molecule is Cc1ccc2nc(N(Cc3ccco3)C(=O)c3cccc4ccccc34)sc2c1. The van der Waals surface area contributed by atoms with Crippen LogP contribution in [0.4, 0.5) is 5.13 Å². The van der Waals surface area contributed by atoms with Crippen LogP contribution < -0.4 is 4.90 Å². The summed E-state index contributed by atoms with van der Waals surface area (Å²) in [5.74, 6) is 0.628. The predicted octanol–water partition coefficient (Wildman–Crippen LogP) is 6.20. The number of carbonyl (C=O) groups excluding carboxylic acids is 1. The Kier molecular flexibility index (Phi) is 4.37. The number of hydrogen-bond acceptors (Lipinski definition) is 4. The standard InChI is InChI=1S/C24H18N2O2S/c1-16-11-12-21-22(14-16)29-24(25-21)26(15-18-8-5-13-28-18)23(27)20-10-4-7-17-6-2-3-9-19(17)20/h2-14H,15H2,1H3. The molecule has 0 spiro atoms. The molecule has 0 bridgehead atoms. The number of hydrogen-bond donors (Lipinski definition) is 0. The highest BCUT2D eigenvalue weighted by molar-refractivity contribution is 7.22. The van der Waals surface area contributed by atoms with Gasteiger partial charge in [-0.3, -0.25) is 9.69 Å². The Balaban J connectivity index is 1.63. The molecule has 0 fully saturated rings. The minimum absolute atomic E-state index is 0.0889. The first-order valence-corrected chi connectivity index (χ1v) is 10.2. The fourth-order valence-corrected chi connectivity index (χ4v) is 4.54. The Labute approximate surface area is 172 Å². The largest absolute Gasteiger partial charge is 0.467 e. The number of fused-ring (bicyclic) bond motifs is 2. The lowest BCUT2D eigenvalue weighted by atomic mass is 10.0. The van der Waals surface area contributed by atoms with Crippen molar-refractivity contribution in [2.24, 2.45) is 0 Å². The van der Waals surface area contributed by atoms with Gasteiger partial charge in [0.2, 0.25) is 0 Å². The zero-order valence-electron chi connectivity index (χ0n) is 15.8. The lowest BCUT2D eigenvalue weighted by Crippen LogP contribution is -2.30. The summed E-state index contributed by atoms with van der Waals surface area (Å²) in [5, 5.41) is 2.64. The molecule has 2 heterocycles. The van der Waals surface area contributed by atoms with E-state index in [0.29, 0.717) is 23.0 Å². The minimum atomic E-state index is -0.0889. The lowest BCUT2D eigenvalue weighted by molar-refractivity contribution is 0.0985. The van der Waals surface area contributed by atoms with Gasteiger partial charge in [-0.05, 0) is 53.6 Å². The van der Waals surface area contributed by atoms with Gasteiger partial charge in [0.05, 0.1) is 23.0 Å². The molecule has 5 aromatic rings. The minimum Gasteiger partial charge on any atom is -0.467 e. The van der Waals surface area contributed by atoms with Crippen LogP contribution in [0.15, 0.2) is 83.5 Å². The number of amides is 1. The molecule has 4 nitrogen and oxygen atoms in total. The summed E-state index contributed by atoms with van der Waals surface area (Å²) in [6, 6.07) is 23.6. The van der Waals surface area contributed by atoms with Crippen molar-refractivity contribution < 1.29 is 9.21 Å². The van der Waals surface area contributed by atoms with Gasteiger partial charge in [-0.25, -0.2) is 4.98 Å². The maximum atomic E-state index is 13.7. The van der Waals surface area contributed by atoms with E-state index >= 15 is 0 Å². The first-order chi connectivity index (χ1) is 14.2. The van der Waals surface area contributed by atoms with Gasteiger partial charge >= 0.3 is 0 Å². The van der Waals surface area contributed by atoms with Crippen LogP contribution in [0.2, 0.25) is 0 Å². The number of anilines is 1. The van der Waals surface area contributed by atoms with Gasteiger partial charge in [0, 0.05) is 5.56 Å². The van der Waals surface area contributed by atoms with Crippen LogP contribution in [0.25, 0.3) is 21.0 Å². The number of nitrogens with zero attached hydrogens (tertiary/aromatic N) is 2. The average molecular weight is 398 g/mol. The van der Waals surface area contributed by atoms with Crippen LogP contribution in [0.1, 0.15) is 21.7 Å². The summed E-state index contributed by atoms with van der Waals surface area (Å²) >= 11 is 1.52. The molecule has 142 valence electrons. The second kappa shape index (κ2) is 7.18. The van der Waals surface area contributed by atoms with E-state index in [-0.39, 0.29) is 5.91 Å². The summed E-state index contributed by atoms with van der Waals surface area (Å²) in [6.45, 7) is 2.38.